The number of rotatable bonds is 8. The molecule has 0 unspecified atom stereocenters. The molecule has 5 heterocycles. The van der Waals surface area contributed by atoms with Crippen LogP contribution in [0.3, 0.4) is 0 Å². The van der Waals surface area contributed by atoms with Gasteiger partial charge in [-0.25, -0.2) is 29.9 Å². The fourth-order valence-corrected chi connectivity index (χ4v) is 20.2. The van der Waals surface area contributed by atoms with Crippen molar-refractivity contribution >= 4 is 71.6 Å². The average molecular weight is 1690 g/mol. The molecule has 18 aromatic carbocycles. The van der Waals surface area contributed by atoms with Crippen LogP contribution >= 0.6 is 15.9 Å². The van der Waals surface area contributed by atoms with E-state index in [-0.39, 0.29) is 5.41 Å². The van der Waals surface area contributed by atoms with Crippen LogP contribution in [0.5, 0.6) is 23.0 Å². The van der Waals surface area contributed by atoms with Gasteiger partial charge in [-0.05, 0) is 169 Å². The zero-order chi connectivity index (χ0) is 84.4. The Morgan fingerprint density at radius 3 is 0.992 bits per heavy atom. The fourth-order valence-electron chi connectivity index (χ4n) is 19.6. The Balaban J connectivity index is 0.000000117. The molecule has 5 aliphatic rings. The first-order chi connectivity index (χ1) is 61.8. The molecular weight excluding hydrogens is 1610 g/mol. The third-order valence-corrected chi connectivity index (χ3v) is 26.8. The van der Waals surface area contributed by atoms with Crippen molar-refractivity contribution in [1.82, 2.24) is 29.9 Å². The topological polar surface area (TPSA) is 114 Å². The molecule has 20 aromatic rings. The van der Waals surface area contributed by atoms with Gasteiger partial charge in [0.15, 0.2) is 34.9 Å². The minimum Gasteiger partial charge on any atom is -0.457 e. The number of nitrogens with zero attached hydrogens (tertiary/aromatic N) is 6. The van der Waals surface area contributed by atoms with Crippen LogP contribution in [0.1, 0.15) is 72.2 Å². The quantitative estimate of drug-likeness (QED) is 0.136. The Hall–Kier alpha value is -14.9. The van der Waals surface area contributed by atoms with E-state index in [1.807, 2.05) is 54.6 Å². The van der Waals surface area contributed by atoms with Crippen molar-refractivity contribution in [2.45, 2.75) is 49.7 Å². The summed E-state index contributed by atoms with van der Waals surface area (Å²) in [6, 6.07) is 140. The van der Waals surface area contributed by atoms with Crippen LogP contribution in [0.25, 0.3) is 145 Å². The molecule has 10 nitrogen and oxygen atoms in total. The first-order valence-electron chi connectivity index (χ1n) is 42.7. The first-order valence-corrected chi connectivity index (χ1v) is 43.5. The molecular formula is C114H78BBrN6O4. The third kappa shape index (κ3) is 12.4. The highest BCUT2D eigenvalue weighted by Gasteiger charge is 2.54. The van der Waals surface area contributed by atoms with Gasteiger partial charge in [-0.3, -0.25) is 0 Å². The maximum absolute atomic E-state index is 6.56. The van der Waals surface area contributed by atoms with Gasteiger partial charge in [0.1, 0.15) is 23.0 Å². The average Bonchev–Trinajstić information content (AvgIpc) is 1.48. The van der Waals surface area contributed by atoms with E-state index >= 15 is 0 Å². The second-order valence-electron chi connectivity index (χ2n) is 33.7. The molecule has 0 saturated carbocycles. The van der Waals surface area contributed by atoms with Crippen molar-refractivity contribution in [3.63, 3.8) is 0 Å². The highest BCUT2D eigenvalue weighted by molar-refractivity contribution is 9.10. The normalized spacial score (nSPS) is 14.4. The van der Waals surface area contributed by atoms with Gasteiger partial charge in [0, 0.05) is 65.7 Å². The van der Waals surface area contributed by atoms with Gasteiger partial charge < -0.3 is 18.8 Å². The van der Waals surface area contributed by atoms with E-state index in [4.69, 9.17) is 48.7 Å². The Morgan fingerprint density at radius 1 is 0.230 bits per heavy atom. The zero-order valence-corrected chi connectivity index (χ0v) is 71.0. The van der Waals surface area contributed by atoms with E-state index in [0.29, 0.717) is 34.9 Å². The van der Waals surface area contributed by atoms with Crippen molar-refractivity contribution in [2.75, 3.05) is 0 Å². The number of fused-ring (bicyclic) bond motifs is 22. The second kappa shape index (κ2) is 30.3. The minimum atomic E-state index is -0.518. The van der Waals surface area contributed by atoms with Crippen LogP contribution in [0.4, 0.5) is 0 Å². The second-order valence-corrected chi connectivity index (χ2v) is 34.6. The summed E-state index contributed by atoms with van der Waals surface area (Å²) < 4.78 is 26.5. The lowest BCUT2D eigenvalue weighted by Crippen LogP contribution is -2.41. The van der Waals surface area contributed by atoms with E-state index in [1.165, 1.54) is 72.0 Å². The van der Waals surface area contributed by atoms with E-state index in [2.05, 4.69) is 389 Å². The van der Waals surface area contributed by atoms with Crippen LogP contribution < -0.4 is 14.9 Å². The van der Waals surface area contributed by atoms with Crippen LogP contribution in [0, 0.1) is 0 Å². The van der Waals surface area contributed by atoms with E-state index in [9.17, 15) is 0 Å². The van der Waals surface area contributed by atoms with E-state index < -0.39 is 23.7 Å². The van der Waals surface area contributed by atoms with Gasteiger partial charge in [0.05, 0.1) is 22.0 Å². The summed E-state index contributed by atoms with van der Waals surface area (Å²) in [6.45, 7) is 8.26. The van der Waals surface area contributed by atoms with Crippen molar-refractivity contribution in [2.24, 2.45) is 0 Å². The van der Waals surface area contributed by atoms with Crippen molar-refractivity contribution in [3.8, 4) is 125 Å². The summed E-state index contributed by atoms with van der Waals surface area (Å²) >= 11 is 3.82. The molecule has 12 heteroatoms. The highest BCUT2D eigenvalue weighted by atomic mass is 79.9. The predicted molar refractivity (Wildman–Crippen MR) is 512 cm³/mol. The molecule has 0 bridgehead atoms. The highest BCUT2D eigenvalue weighted by Crippen LogP contribution is 2.65. The molecule has 126 heavy (non-hydrogen) atoms. The largest absolute Gasteiger partial charge is 0.494 e. The lowest BCUT2D eigenvalue weighted by atomic mass is 9.66. The Kier molecular flexibility index (Phi) is 18.2. The molecule has 2 aliphatic carbocycles. The maximum atomic E-state index is 6.56. The Morgan fingerprint density at radius 2 is 0.532 bits per heavy atom. The summed E-state index contributed by atoms with van der Waals surface area (Å²) in [7, 11) is -0.424. The lowest BCUT2D eigenvalue weighted by molar-refractivity contribution is 0.00578. The van der Waals surface area contributed by atoms with E-state index in [0.717, 1.165) is 115 Å². The lowest BCUT2D eigenvalue weighted by Gasteiger charge is -2.39. The number of para-hydroxylation sites is 4. The van der Waals surface area contributed by atoms with Crippen molar-refractivity contribution < 1.29 is 18.8 Å². The molecule has 25 rings (SSSR count). The van der Waals surface area contributed by atoms with Gasteiger partial charge in [0.2, 0.25) is 0 Å². The summed E-state index contributed by atoms with van der Waals surface area (Å²) in [5.74, 6) is 7.46. The summed E-state index contributed by atoms with van der Waals surface area (Å²) in [6.07, 6.45) is 0. The molecule has 2 spiro atoms. The molecule has 1 fully saturated rings. The van der Waals surface area contributed by atoms with Gasteiger partial charge >= 0.3 is 7.12 Å². The molecule has 3 aliphatic heterocycles. The fraction of sp³-hybridized carbons (Fsp3) is 0.0702. The van der Waals surface area contributed by atoms with Crippen LogP contribution in [-0.2, 0) is 20.1 Å². The van der Waals surface area contributed by atoms with Crippen molar-refractivity contribution in [3.05, 3.63) is 449 Å². The molecule has 0 atom stereocenters. The Bertz CT molecular complexity index is 7690. The van der Waals surface area contributed by atoms with Gasteiger partial charge in [-0.2, -0.15) is 0 Å². The van der Waals surface area contributed by atoms with Crippen LogP contribution in [0.15, 0.2) is 405 Å². The SMILES string of the molecule is Brc1cccc2c1-c1ccccc1C21c2ccccc2Oc2ccccc21.CC1(C)OB(c2ccc(-c3nc(-c4ccc5ccccc5c4)nc(-c4cccc5ccccc45)n3)cc2)OC1(C)C.c1ccc2c(c1)Oc1ccccc1C21c2ccccc2-c2c(-c3ccc(-c4nc(-c5ccc6ccccc6c5)nc(-c5cccc6ccccc56)n4)cc3)cccc21. The standard InChI is InChI=1S/C54H33N3O.C35H30BN3O2.C25H15BrO/c1-2-15-38-33-39(32-27-34(38)13-1)52-55-51(56-53(57-52)42-20-11-16-35-14-3-4-17-40(35)42)37-30-28-36(29-31-37)41-19-12-24-47-50(41)43-18-5-6-21-44(43)54(47)45-22-7-9-25-48(45)58-49-26-10-8-23-46(49)54;1-34(2)35(3,4)41-36(40-34)28-20-18-25(19-21-28)31-37-32(27-17-16-23-10-5-6-12-26(23)22-27)39-33(38-31)30-15-9-13-24-11-7-8-14-29(24)30;26-21-13-7-12-20-24(21)16-8-1-2-9-17(16)25(20)18-10-3-5-14-22(18)27-23-15-6-4-11-19(23)25/h1-33H;5-22H,1-4H3;1-15H. The van der Waals surface area contributed by atoms with Gasteiger partial charge in [-0.15, -0.1) is 0 Å². The maximum Gasteiger partial charge on any atom is 0.494 e. The number of halogens is 1. The van der Waals surface area contributed by atoms with Crippen molar-refractivity contribution in [1.29, 1.82) is 0 Å². The summed E-state index contributed by atoms with van der Waals surface area (Å²) in [5.41, 5.74) is 22.2. The molecule has 0 amide bonds. The molecule has 1 saturated heterocycles. The van der Waals surface area contributed by atoms with Crippen LogP contribution in [-0.4, -0.2) is 48.2 Å². The number of hydrogen-bond donors (Lipinski definition) is 0. The van der Waals surface area contributed by atoms with E-state index in [1.54, 1.807) is 0 Å². The minimum absolute atomic E-state index is 0.360. The first kappa shape index (κ1) is 76.0. The number of benzene rings is 18. The third-order valence-electron chi connectivity index (χ3n) is 26.2. The van der Waals surface area contributed by atoms with Crippen LogP contribution in [0.2, 0.25) is 0 Å². The summed E-state index contributed by atoms with van der Waals surface area (Å²) in [4.78, 5) is 30.4. The monoisotopic (exact) mass is 1680 g/mol. The number of aromatic nitrogens is 6. The molecule has 598 valence electrons. The Labute approximate surface area is 738 Å². The summed E-state index contributed by atoms with van der Waals surface area (Å²) in [5, 5.41) is 9.14. The number of hydrogen-bond acceptors (Lipinski definition) is 10. The molecule has 0 radical (unpaired) electrons. The number of ether oxygens (including phenoxy) is 2. The molecule has 0 N–H and O–H groups in total. The molecule has 2 aromatic heterocycles. The smallest absolute Gasteiger partial charge is 0.457 e. The van der Waals surface area contributed by atoms with Gasteiger partial charge in [-0.1, -0.05) is 374 Å². The van der Waals surface area contributed by atoms with Gasteiger partial charge in [0.25, 0.3) is 0 Å². The predicted octanol–water partition coefficient (Wildman–Crippen LogP) is 27.7. The zero-order valence-electron chi connectivity index (χ0n) is 69.4.